The Balaban J connectivity index is 1.74. The van der Waals surface area contributed by atoms with Gasteiger partial charge in [0.2, 0.25) is 0 Å². The molecule has 0 atom stereocenters. The van der Waals surface area contributed by atoms with Crippen LogP contribution in [0.15, 0.2) is 41.6 Å². The summed E-state index contributed by atoms with van der Waals surface area (Å²) in [6, 6.07) is 12.5. The van der Waals surface area contributed by atoms with Crippen LogP contribution in [-0.2, 0) is 20.8 Å². The second-order valence-corrected chi connectivity index (χ2v) is 9.82. The third-order valence-electron chi connectivity index (χ3n) is 6.16. The van der Waals surface area contributed by atoms with Gasteiger partial charge in [-0.15, -0.1) is 10.2 Å². The number of ether oxygens (including phenoxy) is 5. The molecular formula is C27H36N4O5S. The van der Waals surface area contributed by atoms with E-state index in [-0.39, 0.29) is 19.5 Å². The molecule has 0 amide bonds. The Morgan fingerprint density at radius 3 is 2.24 bits per heavy atom. The molecule has 1 aliphatic rings. The molecule has 0 spiro atoms. The Morgan fingerprint density at radius 2 is 1.62 bits per heavy atom. The minimum absolute atomic E-state index is 0.0947. The van der Waals surface area contributed by atoms with Crippen LogP contribution < -0.4 is 9.47 Å². The highest BCUT2D eigenvalue weighted by Crippen LogP contribution is 2.40. The average molecular weight is 529 g/mol. The van der Waals surface area contributed by atoms with Gasteiger partial charge >= 0.3 is 0 Å². The highest BCUT2D eigenvalue weighted by atomic mass is 32.2. The third-order valence-corrected chi connectivity index (χ3v) is 6.79. The molecule has 0 N–H and O–H groups in total. The molecule has 1 aromatic heterocycles. The largest absolute Gasteiger partial charge is 0.467 e. The second-order valence-electron chi connectivity index (χ2n) is 9.04. The van der Waals surface area contributed by atoms with Crippen LogP contribution in [-0.4, -0.2) is 80.0 Å². The molecule has 1 aliphatic heterocycles. The lowest BCUT2D eigenvalue weighted by Gasteiger charge is -2.26. The van der Waals surface area contributed by atoms with E-state index in [2.05, 4.69) is 63.8 Å². The maximum Gasteiger partial charge on any atom is 0.195 e. The van der Waals surface area contributed by atoms with Crippen molar-refractivity contribution in [3.05, 3.63) is 47.5 Å². The minimum atomic E-state index is 0.0947. The van der Waals surface area contributed by atoms with E-state index < -0.39 is 0 Å². The molecule has 4 rings (SSSR count). The second kappa shape index (κ2) is 13.3. The number of hydrogen-bond acceptors (Lipinski definition) is 9. The lowest BCUT2D eigenvalue weighted by atomic mass is 9.98. The molecule has 9 nitrogen and oxygen atoms in total. The molecule has 0 aliphatic carbocycles. The first-order valence-electron chi connectivity index (χ1n) is 12.4. The van der Waals surface area contributed by atoms with E-state index in [0.717, 1.165) is 54.8 Å². The van der Waals surface area contributed by atoms with Gasteiger partial charge in [0.1, 0.15) is 11.5 Å². The van der Waals surface area contributed by atoms with Gasteiger partial charge in [-0.3, -0.25) is 9.47 Å². The van der Waals surface area contributed by atoms with Crippen molar-refractivity contribution in [2.75, 3.05) is 60.4 Å². The lowest BCUT2D eigenvalue weighted by Crippen LogP contribution is -2.35. The van der Waals surface area contributed by atoms with E-state index in [4.69, 9.17) is 23.7 Å². The highest BCUT2D eigenvalue weighted by Gasteiger charge is 2.23. The number of rotatable bonds is 12. The summed E-state index contributed by atoms with van der Waals surface area (Å²) in [6.45, 7) is 8.90. The molecule has 0 radical (unpaired) electrons. The van der Waals surface area contributed by atoms with Crippen molar-refractivity contribution >= 4 is 11.8 Å². The maximum absolute atomic E-state index is 5.99. The van der Waals surface area contributed by atoms with Crippen molar-refractivity contribution in [2.45, 2.75) is 31.5 Å². The first-order valence-corrected chi connectivity index (χ1v) is 13.6. The van der Waals surface area contributed by atoms with Crippen molar-refractivity contribution in [3.8, 4) is 28.6 Å². The van der Waals surface area contributed by atoms with Gasteiger partial charge in [0, 0.05) is 45.6 Å². The summed E-state index contributed by atoms with van der Waals surface area (Å²) in [5.74, 6) is 2.20. The van der Waals surface area contributed by atoms with Crippen LogP contribution in [0.1, 0.15) is 30.9 Å². The van der Waals surface area contributed by atoms with Crippen molar-refractivity contribution in [1.29, 1.82) is 0 Å². The molecule has 0 unspecified atom stereocenters. The average Bonchev–Trinajstić information content (AvgIpc) is 3.35. The zero-order chi connectivity index (χ0) is 26.2. The summed E-state index contributed by atoms with van der Waals surface area (Å²) in [5, 5.41) is 9.87. The maximum atomic E-state index is 5.99. The fourth-order valence-electron chi connectivity index (χ4n) is 4.27. The Labute approximate surface area is 223 Å². The number of thioether (sulfide) groups is 1. The Hall–Kier alpha value is -2.63. The molecule has 1 saturated heterocycles. The molecular weight excluding hydrogens is 492 g/mol. The highest BCUT2D eigenvalue weighted by molar-refractivity contribution is 7.98. The molecule has 0 bridgehead atoms. The van der Waals surface area contributed by atoms with E-state index in [1.54, 1.807) is 26.0 Å². The van der Waals surface area contributed by atoms with Crippen LogP contribution >= 0.6 is 11.8 Å². The zero-order valence-electron chi connectivity index (χ0n) is 22.2. The van der Waals surface area contributed by atoms with Crippen LogP contribution in [0.25, 0.3) is 17.1 Å². The van der Waals surface area contributed by atoms with Crippen molar-refractivity contribution in [1.82, 2.24) is 19.7 Å². The van der Waals surface area contributed by atoms with Crippen molar-refractivity contribution in [3.63, 3.8) is 0 Å². The summed E-state index contributed by atoms with van der Waals surface area (Å²) < 4.78 is 29.8. The number of methoxy groups -OCH3 is 2. The van der Waals surface area contributed by atoms with Gasteiger partial charge in [-0.2, -0.15) is 0 Å². The normalized spacial score (nSPS) is 14.3. The van der Waals surface area contributed by atoms with Gasteiger partial charge in [0.05, 0.1) is 18.8 Å². The molecule has 2 aromatic carbocycles. The smallest absolute Gasteiger partial charge is 0.195 e. The van der Waals surface area contributed by atoms with Crippen LogP contribution in [0.5, 0.6) is 11.5 Å². The van der Waals surface area contributed by atoms with E-state index in [0.29, 0.717) is 17.3 Å². The molecule has 2 heterocycles. The molecule has 37 heavy (non-hydrogen) atoms. The summed E-state index contributed by atoms with van der Waals surface area (Å²) >= 11 is 1.55. The van der Waals surface area contributed by atoms with Crippen LogP contribution in [0.2, 0.25) is 0 Å². The molecule has 3 aromatic rings. The van der Waals surface area contributed by atoms with Gasteiger partial charge in [-0.25, -0.2) is 0 Å². The van der Waals surface area contributed by atoms with Crippen LogP contribution in [0, 0.1) is 0 Å². The summed E-state index contributed by atoms with van der Waals surface area (Å²) in [5.41, 5.74) is 4.09. The van der Waals surface area contributed by atoms with E-state index >= 15 is 0 Å². The summed E-state index contributed by atoms with van der Waals surface area (Å²) in [6.07, 6.45) is 2.00. The van der Waals surface area contributed by atoms with Crippen molar-refractivity contribution in [2.24, 2.45) is 0 Å². The number of benzene rings is 2. The predicted molar refractivity (Wildman–Crippen MR) is 144 cm³/mol. The summed E-state index contributed by atoms with van der Waals surface area (Å²) in [4.78, 5) is 2.41. The summed E-state index contributed by atoms with van der Waals surface area (Å²) in [7, 11) is 3.20. The monoisotopic (exact) mass is 528 g/mol. The molecule has 0 saturated carbocycles. The number of hydrogen-bond donors (Lipinski definition) is 0. The molecule has 10 heteroatoms. The van der Waals surface area contributed by atoms with Crippen LogP contribution in [0.3, 0.4) is 0 Å². The first-order chi connectivity index (χ1) is 18.0. The molecule has 200 valence electrons. The van der Waals surface area contributed by atoms with Gasteiger partial charge < -0.3 is 23.7 Å². The number of morpholine rings is 1. The Bertz CT molecular complexity index is 1150. The van der Waals surface area contributed by atoms with Gasteiger partial charge in [-0.1, -0.05) is 37.7 Å². The fourth-order valence-corrected chi connectivity index (χ4v) is 4.77. The zero-order valence-corrected chi connectivity index (χ0v) is 23.0. The van der Waals surface area contributed by atoms with E-state index in [1.807, 2.05) is 12.3 Å². The first kappa shape index (κ1) is 27.4. The van der Waals surface area contributed by atoms with Gasteiger partial charge in [-0.05, 0) is 41.5 Å². The predicted octanol–water partition coefficient (Wildman–Crippen LogP) is 4.58. The Kier molecular flexibility index (Phi) is 9.81. The molecule has 1 fully saturated rings. The van der Waals surface area contributed by atoms with Gasteiger partial charge in [0.15, 0.2) is 24.6 Å². The minimum Gasteiger partial charge on any atom is -0.467 e. The van der Waals surface area contributed by atoms with E-state index in [1.165, 1.54) is 5.56 Å². The quantitative estimate of drug-likeness (QED) is 0.248. The number of aromatic nitrogens is 3. The third kappa shape index (κ3) is 6.63. The van der Waals surface area contributed by atoms with Crippen LogP contribution in [0.4, 0.5) is 0 Å². The fraction of sp³-hybridized carbons (Fsp3) is 0.481. The lowest BCUT2D eigenvalue weighted by molar-refractivity contribution is 0.0342. The Morgan fingerprint density at radius 1 is 0.946 bits per heavy atom. The van der Waals surface area contributed by atoms with Crippen molar-refractivity contribution < 1.29 is 23.7 Å². The SMILES string of the molecule is COCOc1cc(OCOC)c(C(C)C)cc1-c1nnc(SC)n1-c1ccc(CN2CCOCC2)cc1. The number of nitrogens with zero attached hydrogens (tertiary/aromatic N) is 4. The topological polar surface area (TPSA) is 80.1 Å². The van der Waals surface area contributed by atoms with E-state index in [9.17, 15) is 0 Å². The van der Waals surface area contributed by atoms with Gasteiger partial charge in [0.25, 0.3) is 0 Å². The standard InChI is InChI=1S/C27H36N4O5S/c1-19(2)22-14-23(25(36-18-33-4)15-24(22)35-17-32-3)26-28-29-27(37-5)31(26)21-8-6-20(7-9-21)16-30-10-12-34-13-11-30/h6-9,14-15,19H,10-13,16-18H2,1-5H3.